The molecule has 0 bridgehead atoms. The fraction of sp³-hybridized carbons (Fsp3) is 0.905. The molecule has 2 aliphatic carbocycles. The van der Waals surface area contributed by atoms with Gasteiger partial charge in [-0.3, -0.25) is 4.79 Å². The molecule has 0 aliphatic heterocycles. The molecule has 156 valence electrons. The van der Waals surface area contributed by atoms with Crippen LogP contribution >= 0.6 is 0 Å². The monoisotopic (exact) mass is 381 g/mol. The van der Waals surface area contributed by atoms with Gasteiger partial charge in [-0.1, -0.05) is 20.8 Å². The third-order valence-corrected chi connectivity index (χ3v) is 7.03. The van der Waals surface area contributed by atoms with Crippen LogP contribution in [0.1, 0.15) is 67.2 Å². The van der Waals surface area contributed by atoms with E-state index in [1.807, 2.05) is 27.7 Å². The van der Waals surface area contributed by atoms with Crippen molar-refractivity contribution >= 4 is 11.9 Å². The highest BCUT2D eigenvalue weighted by Crippen LogP contribution is 2.55. The average Bonchev–Trinajstić information content (AvgIpc) is 2.57. The standard InChI is InChI=1S/C21H39N3O3/c1-7-22-20(27)24-16-9-11-21(6)10-8-15(18(25)17(21)14(16)5)13(4)19(26)23-12(2)3/h12-18,25H,7-11H2,1-6H3,(H,23,26)(H2,22,24,27). The maximum atomic E-state index is 12.5. The topological polar surface area (TPSA) is 90.5 Å². The van der Waals surface area contributed by atoms with Crippen molar-refractivity contribution in [3.05, 3.63) is 0 Å². The Hall–Kier alpha value is -1.30. The van der Waals surface area contributed by atoms with Crippen molar-refractivity contribution in [1.29, 1.82) is 0 Å². The summed E-state index contributed by atoms with van der Waals surface area (Å²) in [7, 11) is 0. The van der Waals surface area contributed by atoms with Gasteiger partial charge < -0.3 is 21.1 Å². The van der Waals surface area contributed by atoms with Crippen LogP contribution in [0.15, 0.2) is 0 Å². The Balaban J connectivity index is 2.14. The summed E-state index contributed by atoms with van der Waals surface area (Å²) in [4.78, 5) is 24.5. The minimum Gasteiger partial charge on any atom is -0.392 e. The number of aliphatic hydroxyl groups excluding tert-OH is 1. The molecule has 2 rings (SSSR count). The third-order valence-electron chi connectivity index (χ3n) is 7.03. The Kier molecular flexibility index (Phi) is 7.17. The van der Waals surface area contributed by atoms with Gasteiger partial charge in [0.25, 0.3) is 0 Å². The van der Waals surface area contributed by atoms with E-state index in [1.165, 1.54) is 0 Å². The fourth-order valence-electron chi connectivity index (χ4n) is 5.49. The van der Waals surface area contributed by atoms with Gasteiger partial charge in [-0.25, -0.2) is 4.79 Å². The molecular weight excluding hydrogens is 342 g/mol. The van der Waals surface area contributed by atoms with Crippen LogP contribution in [0.25, 0.3) is 0 Å². The normalized spacial score (nSPS) is 37.3. The molecule has 0 aromatic rings. The Morgan fingerprint density at radius 3 is 2.41 bits per heavy atom. The minimum absolute atomic E-state index is 0.0260. The number of aliphatic hydroxyl groups is 1. The number of hydrogen-bond donors (Lipinski definition) is 4. The maximum Gasteiger partial charge on any atom is 0.315 e. The molecule has 4 N–H and O–H groups in total. The molecule has 27 heavy (non-hydrogen) atoms. The molecule has 3 amide bonds. The van der Waals surface area contributed by atoms with Crippen LogP contribution in [0.5, 0.6) is 0 Å². The molecule has 7 unspecified atom stereocenters. The summed E-state index contributed by atoms with van der Waals surface area (Å²) >= 11 is 0. The van der Waals surface area contributed by atoms with E-state index in [2.05, 4.69) is 29.8 Å². The summed E-state index contributed by atoms with van der Waals surface area (Å²) in [6, 6.07) is 0.0255. The third kappa shape index (κ3) is 4.76. The number of hydrogen-bond acceptors (Lipinski definition) is 3. The van der Waals surface area contributed by atoms with Gasteiger partial charge in [0.2, 0.25) is 5.91 Å². The SMILES string of the molecule is CCNC(=O)NC1CCC2(C)CCC(C(C)C(=O)NC(C)C)C(O)C2C1C. The lowest BCUT2D eigenvalue weighted by Crippen LogP contribution is -2.59. The second-order valence-corrected chi connectivity index (χ2v) is 9.33. The Labute approximate surface area is 164 Å². The molecule has 2 fully saturated rings. The van der Waals surface area contributed by atoms with Gasteiger partial charge in [0.15, 0.2) is 0 Å². The Bertz CT molecular complexity index is 539. The molecule has 7 atom stereocenters. The van der Waals surface area contributed by atoms with E-state index in [9.17, 15) is 14.7 Å². The minimum atomic E-state index is -0.523. The van der Waals surface area contributed by atoms with Crippen LogP contribution in [0.4, 0.5) is 4.79 Å². The van der Waals surface area contributed by atoms with Crippen molar-refractivity contribution in [1.82, 2.24) is 16.0 Å². The quantitative estimate of drug-likeness (QED) is 0.590. The summed E-state index contributed by atoms with van der Waals surface area (Å²) in [6.07, 6.45) is 3.31. The smallest absolute Gasteiger partial charge is 0.315 e. The number of nitrogens with one attached hydrogen (secondary N) is 3. The van der Waals surface area contributed by atoms with Gasteiger partial charge in [-0.15, -0.1) is 0 Å². The van der Waals surface area contributed by atoms with E-state index in [-0.39, 0.29) is 53.1 Å². The predicted molar refractivity (Wildman–Crippen MR) is 107 cm³/mol. The van der Waals surface area contributed by atoms with Crippen LogP contribution in [-0.2, 0) is 4.79 Å². The zero-order valence-electron chi connectivity index (χ0n) is 17.8. The first-order valence-corrected chi connectivity index (χ1v) is 10.6. The average molecular weight is 382 g/mol. The van der Waals surface area contributed by atoms with E-state index in [0.29, 0.717) is 6.54 Å². The predicted octanol–water partition coefficient (Wildman–Crippen LogP) is 2.66. The molecule has 2 saturated carbocycles. The fourth-order valence-corrected chi connectivity index (χ4v) is 5.49. The number of fused-ring (bicyclic) bond motifs is 1. The summed E-state index contributed by atoms with van der Waals surface area (Å²) < 4.78 is 0. The summed E-state index contributed by atoms with van der Waals surface area (Å²) in [6.45, 7) is 12.8. The first-order valence-electron chi connectivity index (χ1n) is 10.6. The number of carbonyl (C=O) groups is 2. The van der Waals surface area contributed by atoms with Gasteiger partial charge in [-0.2, -0.15) is 0 Å². The largest absolute Gasteiger partial charge is 0.392 e. The molecule has 0 spiro atoms. The van der Waals surface area contributed by atoms with Gasteiger partial charge >= 0.3 is 6.03 Å². The second-order valence-electron chi connectivity index (χ2n) is 9.33. The highest BCUT2D eigenvalue weighted by molar-refractivity contribution is 5.79. The van der Waals surface area contributed by atoms with Gasteiger partial charge in [-0.05, 0) is 69.6 Å². The van der Waals surface area contributed by atoms with Crippen molar-refractivity contribution in [3.63, 3.8) is 0 Å². The van der Waals surface area contributed by atoms with Crippen molar-refractivity contribution in [2.75, 3.05) is 6.54 Å². The van der Waals surface area contributed by atoms with Crippen molar-refractivity contribution in [3.8, 4) is 0 Å². The molecule has 0 aromatic carbocycles. The van der Waals surface area contributed by atoms with E-state index in [1.54, 1.807) is 0 Å². The Morgan fingerprint density at radius 1 is 1.19 bits per heavy atom. The number of rotatable bonds is 5. The van der Waals surface area contributed by atoms with E-state index < -0.39 is 6.10 Å². The second kappa shape index (κ2) is 8.80. The number of amides is 3. The summed E-state index contributed by atoms with van der Waals surface area (Å²) in [5.41, 5.74) is 0.0724. The maximum absolute atomic E-state index is 12.5. The molecule has 0 heterocycles. The van der Waals surface area contributed by atoms with Gasteiger partial charge in [0.1, 0.15) is 0 Å². The van der Waals surface area contributed by atoms with Crippen molar-refractivity contribution in [2.24, 2.45) is 29.1 Å². The van der Waals surface area contributed by atoms with Gasteiger partial charge in [0.05, 0.1) is 6.10 Å². The molecule has 0 aromatic heterocycles. The van der Waals surface area contributed by atoms with Crippen LogP contribution in [-0.4, -0.2) is 41.8 Å². The zero-order chi connectivity index (χ0) is 20.4. The number of urea groups is 1. The van der Waals surface area contributed by atoms with Crippen LogP contribution in [0.3, 0.4) is 0 Å². The van der Waals surface area contributed by atoms with E-state index in [4.69, 9.17) is 0 Å². The lowest BCUT2D eigenvalue weighted by atomic mass is 9.51. The van der Waals surface area contributed by atoms with Crippen molar-refractivity contribution < 1.29 is 14.7 Å². The summed E-state index contributed by atoms with van der Waals surface area (Å²) in [5, 5.41) is 20.2. The Morgan fingerprint density at radius 2 is 1.81 bits per heavy atom. The lowest BCUT2D eigenvalue weighted by Gasteiger charge is -2.56. The molecule has 0 saturated heterocycles. The van der Waals surface area contributed by atoms with Crippen LogP contribution in [0.2, 0.25) is 0 Å². The molecule has 0 radical (unpaired) electrons. The summed E-state index contributed by atoms with van der Waals surface area (Å²) in [5.74, 6) is 0.0391. The van der Waals surface area contributed by atoms with Crippen LogP contribution in [0, 0.1) is 29.1 Å². The van der Waals surface area contributed by atoms with E-state index in [0.717, 1.165) is 25.7 Å². The number of carbonyl (C=O) groups excluding carboxylic acids is 2. The molecule has 6 heteroatoms. The van der Waals surface area contributed by atoms with Gasteiger partial charge in [0, 0.05) is 24.5 Å². The lowest BCUT2D eigenvalue weighted by molar-refractivity contribution is -0.142. The van der Waals surface area contributed by atoms with E-state index >= 15 is 0 Å². The molecular formula is C21H39N3O3. The zero-order valence-corrected chi connectivity index (χ0v) is 17.8. The van der Waals surface area contributed by atoms with Crippen molar-refractivity contribution in [2.45, 2.75) is 85.4 Å². The first kappa shape index (κ1) is 22.0. The highest BCUT2D eigenvalue weighted by atomic mass is 16.3. The molecule has 6 nitrogen and oxygen atoms in total. The first-order chi connectivity index (χ1) is 12.6. The highest BCUT2D eigenvalue weighted by Gasteiger charge is 2.53. The van der Waals surface area contributed by atoms with Crippen LogP contribution < -0.4 is 16.0 Å². The molecule has 2 aliphatic rings.